The van der Waals surface area contributed by atoms with Crippen LogP contribution in [-0.2, 0) is 9.53 Å². The second-order valence-corrected chi connectivity index (χ2v) is 5.27. The van der Waals surface area contributed by atoms with Gasteiger partial charge < -0.3 is 9.84 Å². The summed E-state index contributed by atoms with van der Waals surface area (Å²) in [6, 6.07) is 0. The minimum Gasteiger partial charge on any atom is -0.481 e. The van der Waals surface area contributed by atoms with Crippen molar-refractivity contribution in [3.05, 3.63) is 0 Å². The van der Waals surface area contributed by atoms with Gasteiger partial charge in [0, 0.05) is 7.11 Å². The maximum Gasteiger partial charge on any atom is 0.312 e. The molecule has 1 unspecified atom stereocenters. The molecule has 0 amide bonds. The third-order valence-corrected chi connectivity index (χ3v) is 4.15. The number of aliphatic carboxylic acids is 1. The summed E-state index contributed by atoms with van der Waals surface area (Å²) >= 11 is 0. The average Bonchev–Trinajstić information content (AvgIpc) is 2.26. The largest absolute Gasteiger partial charge is 0.481 e. The number of carboxylic acid groups (broad SMARTS) is 1. The standard InChI is InChI=1S/C13H24O3/c1-10(2)13(9-16-3,12(14)15)11-7-5-4-6-8-11/h10-11H,4-9H2,1-3H3,(H,14,15). The highest BCUT2D eigenvalue weighted by Gasteiger charge is 2.48. The highest BCUT2D eigenvalue weighted by atomic mass is 16.5. The Morgan fingerprint density at radius 2 is 1.94 bits per heavy atom. The molecule has 94 valence electrons. The van der Waals surface area contributed by atoms with Crippen LogP contribution >= 0.6 is 0 Å². The number of hydrogen-bond acceptors (Lipinski definition) is 2. The van der Waals surface area contributed by atoms with Gasteiger partial charge in [0.25, 0.3) is 0 Å². The fourth-order valence-electron chi connectivity index (χ4n) is 3.10. The van der Waals surface area contributed by atoms with Gasteiger partial charge in [-0.15, -0.1) is 0 Å². The summed E-state index contributed by atoms with van der Waals surface area (Å²) in [4.78, 5) is 11.7. The Labute approximate surface area is 98.2 Å². The summed E-state index contributed by atoms with van der Waals surface area (Å²) in [5.41, 5.74) is -0.685. The Bertz CT molecular complexity index is 231. The normalized spacial score (nSPS) is 22.0. The lowest BCUT2D eigenvalue weighted by Gasteiger charge is -2.41. The summed E-state index contributed by atoms with van der Waals surface area (Å²) < 4.78 is 5.20. The topological polar surface area (TPSA) is 46.5 Å². The van der Waals surface area contributed by atoms with E-state index < -0.39 is 11.4 Å². The molecule has 1 saturated carbocycles. The lowest BCUT2D eigenvalue weighted by Crippen LogP contribution is -2.47. The first-order valence-corrected chi connectivity index (χ1v) is 6.28. The van der Waals surface area contributed by atoms with Gasteiger partial charge in [-0.2, -0.15) is 0 Å². The van der Waals surface area contributed by atoms with E-state index in [2.05, 4.69) is 0 Å². The lowest BCUT2D eigenvalue weighted by molar-refractivity contribution is -0.163. The molecular formula is C13H24O3. The van der Waals surface area contributed by atoms with E-state index in [9.17, 15) is 9.90 Å². The second-order valence-electron chi connectivity index (χ2n) is 5.27. The van der Waals surface area contributed by atoms with Crippen LogP contribution in [0.3, 0.4) is 0 Å². The van der Waals surface area contributed by atoms with Crippen molar-refractivity contribution in [1.29, 1.82) is 0 Å². The maximum atomic E-state index is 11.7. The van der Waals surface area contributed by atoms with Gasteiger partial charge in [0.2, 0.25) is 0 Å². The predicted molar refractivity (Wildman–Crippen MR) is 63.4 cm³/mol. The van der Waals surface area contributed by atoms with Crippen molar-refractivity contribution < 1.29 is 14.6 Å². The summed E-state index contributed by atoms with van der Waals surface area (Å²) in [5, 5.41) is 9.60. The monoisotopic (exact) mass is 228 g/mol. The van der Waals surface area contributed by atoms with Crippen LogP contribution in [0.2, 0.25) is 0 Å². The molecule has 0 heterocycles. The van der Waals surface area contributed by atoms with Crippen LogP contribution in [-0.4, -0.2) is 24.8 Å². The minimum atomic E-state index is -0.685. The Kier molecular flexibility index (Phi) is 4.78. The van der Waals surface area contributed by atoms with Crippen molar-refractivity contribution in [1.82, 2.24) is 0 Å². The molecule has 0 aromatic heterocycles. The Balaban J connectivity index is 2.93. The number of methoxy groups -OCH3 is 1. The minimum absolute atomic E-state index is 0.119. The third-order valence-electron chi connectivity index (χ3n) is 4.15. The van der Waals surface area contributed by atoms with E-state index >= 15 is 0 Å². The van der Waals surface area contributed by atoms with Gasteiger partial charge in [-0.1, -0.05) is 33.1 Å². The zero-order valence-corrected chi connectivity index (χ0v) is 10.7. The van der Waals surface area contributed by atoms with Crippen molar-refractivity contribution in [2.45, 2.75) is 46.0 Å². The number of carbonyl (C=O) groups is 1. The van der Waals surface area contributed by atoms with E-state index in [-0.39, 0.29) is 11.8 Å². The molecule has 1 aliphatic rings. The quantitative estimate of drug-likeness (QED) is 0.787. The van der Waals surface area contributed by atoms with Crippen molar-refractivity contribution >= 4 is 5.97 Å². The predicted octanol–water partition coefficient (Wildman–Crippen LogP) is 2.94. The molecule has 0 saturated heterocycles. The van der Waals surface area contributed by atoms with Crippen molar-refractivity contribution in [2.24, 2.45) is 17.3 Å². The van der Waals surface area contributed by atoms with E-state index in [1.54, 1.807) is 7.11 Å². The van der Waals surface area contributed by atoms with Gasteiger partial charge in [-0.25, -0.2) is 0 Å². The van der Waals surface area contributed by atoms with Crippen molar-refractivity contribution in [3.8, 4) is 0 Å². The van der Waals surface area contributed by atoms with Gasteiger partial charge in [-0.05, 0) is 24.7 Å². The van der Waals surface area contributed by atoms with Gasteiger partial charge in [0.15, 0.2) is 0 Å². The Morgan fingerprint density at radius 1 is 1.38 bits per heavy atom. The molecule has 3 heteroatoms. The second kappa shape index (κ2) is 5.67. The van der Waals surface area contributed by atoms with Crippen LogP contribution in [0, 0.1) is 17.3 Å². The van der Waals surface area contributed by atoms with Crippen LogP contribution in [0.15, 0.2) is 0 Å². The zero-order valence-electron chi connectivity index (χ0n) is 10.7. The maximum absolute atomic E-state index is 11.7. The lowest BCUT2D eigenvalue weighted by atomic mass is 9.63. The van der Waals surface area contributed by atoms with Crippen LogP contribution < -0.4 is 0 Å². The van der Waals surface area contributed by atoms with E-state index in [1.165, 1.54) is 6.42 Å². The van der Waals surface area contributed by atoms with Crippen LogP contribution in [0.25, 0.3) is 0 Å². The number of rotatable bonds is 5. The number of ether oxygens (including phenoxy) is 1. The van der Waals surface area contributed by atoms with Gasteiger partial charge in [0.1, 0.15) is 0 Å². The van der Waals surface area contributed by atoms with E-state index in [4.69, 9.17) is 4.74 Å². The molecule has 3 nitrogen and oxygen atoms in total. The van der Waals surface area contributed by atoms with Crippen LogP contribution in [0.1, 0.15) is 46.0 Å². The highest BCUT2D eigenvalue weighted by molar-refractivity contribution is 5.75. The first-order chi connectivity index (χ1) is 7.55. The summed E-state index contributed by atoms with van der Waals surface area (Å²) in [5.74, 6) is -0.289. The molecule has 16 heavy (non-hydrogen) atoms. The summed E-state index contributed by atoms with van der Waals surface area (Å²) in [6.07, 6.45) is 5.64. The zero-order chi connectivity index (χ0) is 12.2. The van der Waals surface area contributed by atoms with Crippen molar-refractivity contribution in [3.63, 3.8) is 0 Å². The molecule has 0 aliphatic heterocycles. The molecule has 1 atom stereocenters. The highest BCUT2D eigenvalue weighted by Crippen LogP contribution is 2.44. The molecular weight excluding hydrogens is 204 g/mol. The summed E-state index contributed by atoms with van der Waals surface area (Å²) in [6.45, 7) is 4.34. The van der Waals surface area contributed by atoms with E-state index in [1.807, 2.05) is 13.8 Å². The smallest absolute Gasteiger partial charge is 0.312 e. The molecule has 1 aliphatic carbocycles. The SMILES string of the molecule is COCC(C(=O)O)(C(C)C)C1CCCCC1. The van der Waals surface area contributed by atoms with Crippen molar-refractivity contribution in [2.75, 3.05) is 13.7 Å². The first kappa shape index (κ1) is 13.5. The van der Waals surface area contributed by atoms with E-state index in [0.717, 1.165) is 25.7 Å². The van der Waals surface area contributed by atoms with E-state index in [0.29, 0.717) is 6.61 Å². The number of carboxylic acids is 1. The Hall–Kier alpha value is -0.570. The molecule has 0 aromatic rings. The van der Waals surface area contributed by atoms with Gasteiger partial charge in [-0.3, -0.25) is 4.79 Å². The van der Waals surface area contributed by atoms with Gasteiger partial charge >= 0.3 is 5.97 Å². The third kappa shape index (κ3) is 2.40. The van der Waals surface area contributed by atoms with Crippen LogP contribution in [0.4, 0.5) is 0 Å². The molecule has 0 bridgehead atoms. The number of hydrogen-bond donors (Lipinski definition) is 1. The molecule has 1 N–H and O–H groups in total. The molecule has 1 rings (SSSR count). The van der Waals surface area contributed by atoms with Gasteiger partial charge in [0.05, 0.1) is 12.0 Å². The summed E-state index contributed by atoms with van der Waals surface area (Å²) in [7, 11) is 1.60. The molecule has 0 spiro atoms. The molecule has 0 radical (unpaired) electrons. The molecule has 0 aromatic carbocycles. The Morgan fingerprint density at radius 3 is 2.31 bits per heavy atom. The van der Waals surface area contributed by atoms with Crippen LogP contribution in [0.5, 0.6) is 0 Å². The average molecular weight is 228 g/mol. The fourth-order valence-corrected chi connectivity index (χ4v) is 3.10. The molecule has 1 fully saturated rings. The fraction of sp³-hybridized carbons (Fsp3) is 0.923. The first-order valence-electron chi connectivity index (χ1n) is 6.28.